The molecule has 0 heterocycles. The molecule has 0 aliphatic heterocycles. The lowest BCUT2D eigenvalue weighted by molar-refractivity contribution is -0.151. The molecule has 8 unspecified atom stereocenters. The van der Waals surface area contributed by atoms with Gasteiger partial charge in [0.25, 0.3) is 0 Å². The van der Waals surface area contributed by atoms with Crippen molar-refractivity contribution in [1.82, 2.24) is 0 Å². The van der Waals surface area contributed by atoms with E-state index in [4.69, 9.17) is 18.9 Å². The highest BCUT2D eigenvalue weighted by atomic mass is 16.5. The van der Waals surface area contributed by atoms with Crippen LogP contribution in [0.15, 0.2) is 60.2 Å². The van der Waals surface area contributed by atoms with E-state index in [1.54, 1.807) is 54.1 Å². The number of benzene rings is 2. The second kappa shape index (κ2) is 29.9. The topological polar surface area (TPSA) is 88.1 Å². The van der Waals surface area contributed by atoms with Gasteiger partial charge in [-0.2, -0.15) is 0 Å². The Bertz CT molecular complexity index is 1900. The van der Waals surface area contributed by atoms with Gasteiger partial charge in [-0.3, -0.25) is 4.79 Å². The predicted molar refractivity (Wildman–Crippen MR) is 292 cm³/mol. The van der Waals surface area contributed by atoms with Crippen LogP contribution in [-0.4, -0.2) is 36.7 Å². The van der Waals surface area contributed by atoms with Crippen molar-refractivity contribution in [3.8, 4) is 11.5 Å². The molecule has 0 spiro atoms. The highest BCUT2D eigenvalue weighted by molar-refractivity contribution is 5.92. The quantitative estimate of drug-likeness (QED) is 0.0363. The average molecular weight is 981 g/mol. The second-order valence-corrected chi connectivity index (χ2v) is 23.6. The first-order chi connectivity index (χ1) is 34.2. The van der Waals surface area contributed by atoms with Gasteiger partial charge in [0.05, 0.1) is 23.8 Å². The Hall–Kier alpha value is -3.61. The zero-order valence-corrected chi connectivity index (χ0v) is 46.5. The van der Waals surface area contributed by atoms with E-state index in [0.29, 0.717) is 40.7 Å². The van der Waals surface area contributed by atoms with Gasteiger partial charge in [0.1, 0.15) is 17.6 Å². The van der Waals surface area contributed by atoms with E-state index in [9.17, 15) is 14.4 Å². The molecule has 0 N–H and O–H groups in total. The van der Waals surface area contributed by atoms with E-state index in [-0.39, 0.29) is 24.1 Å². The van der Waals surface area contributed by atoms with Crippen molar-refractivity contribution in [3.05, 3.63) is 71.3 Å². The Kier molecular flexibility index (Phi) is 24.6. The third kappa shape index (κ3) is 17.5. The van der Waals surface area contributed by atoms with Crippen molar-refractivity contribution in [2.24, 2.45) is 46.3 Å². The molecule has 9 atom stereocenters. The highest BCUT2D eigenvalue weighted by Crippen LogP contribution is 2.67. The summed E-state index contributed by atoms with van der Waals surface area (Å²) in [6.45, 7) is 21.8. The number of unbranched alkanes of at least 4 members (excludes halogenated alkanes) is 11. The average Bonchev–Trinajstić information content (AvgIpc) is 3.72. The summed E-state index contributed by atoms with van der Waals surface area (Å²) < 4.78 is 22.7. The summed E-state index contributed by atoms with van der Waals surface area (Å²) in [5.41, 5.74) is 3.42. The molecule has 0 amide bonds. The maximum absolute atomic E-state index is 12.6. The molecular weight excluding hydrogens is 881 g/mol. The molecular formula is C64H100O7. The first kappa shape index (κ1) is 58.3. The van der Waals surface area contributed by atoms with Gasteiger partial charge in [-0.1, -0.05) is 157 Å². The lowest BCUT2D eigenvalue weighted by Gasteiger charge is -2.58. The molecule has 7 nitrogen and oxygen atoms in total. The smallest absolute Gasteiger partial charge is 0.343 e. The lowest BCUT2D eigenvalue weighted by atomic mass is 9.47. The summed E-state index contributed by atoms with van der Waals surface area (Å²) in [6.07, 6.45) is 35.3. The Balaban J connectivity index is 0.000000267. The molecule has 6 rings (SSSR count). The monoisotopic (exact) mass is 981 g/mol. The van der Waals surface area contributed by atoms with Crippen LogP contribution in [0.2, 0.25) is 0 Å². The molecule has 2 aromatic carbocycles. The predicted octanol–water partition coefficient (Wildman–Crippen LogP) is 18.1. The van der Waals surface area contributed by atoms with Crippen molar-refractivity contribution in [1.29, 1.82) is 0 Å². The minimum Gasteiger partial charge on any atom is -0.494 e. The number of carbonyl (C=O) groups is 3. The number of fused-ring (bicyclic) bond motifs is 5. The van der Waals surface area contributed by atoms with Gasteiger partial charge < -0.3 is 18.9 Å². The van der Waals surface area contributed by atoms with Gasteiger partial charge in [-0.25, -0.2) is 9.59 Å². The molecule has 0 bridgehead atoms. The van der Waals surface area contributed by atoms with Crippen molar-refractivity contribution in [2.45, 2.75) is 248 Å². The SMILES string of the molecule is CCCCCCCCC(=O)OC1CCC2(C)C(=CCC3C2CCC2(C)C3CC[C@@H]2C(C)CCCC(C)C)C1.CCCCCCOc1ccc(C(=O)Oc2ccc(C(=O)OC(C)CCCCCC)cc2)cc1. The van der Waals surface area contributed by atoms with Crippen LogP contribution in [0.3, 0.4) is 0 Å². The van der Waals surface area contributed by atoms with Crippen LogP contribution < -0.4 is 9.47 Å². The fraction of sp³-hybridized carbons (Fsp3) is 0.734. The first-order valence-electron chi connectivity index (χ1n) is 29.4. The van der Waals surface area contributed by atoms with Crippen LogP contribution in [0.4, 0.5) is 0 Å². The summed E-state index contributed by atoms with van der Waals surface area (Å²) in [6, 6.07) is 13.4. The molecule has 3 saturated carbocycles. The number of ether oxygens (including phenoxy) is 4. The van der Waals surface area contributed by atoms with Crippen LogP contribution >= 0.6 is 0 Å². The molecule has 0 aromatic heterocycles. The fourth-order valence-corrected chi connectivity index (χ4v) is 13.4. The standard InChI is InChI=1S/C36H62O2.C28H38O5/c1-7-8-9-10-11-12-16-34(37)38-29-21-23-35(5)28(25-29)17-18-30-32-20-19-31(27(4)15-13-14-26(2)3)36(32,6)24-22-33(30)35;1-4-6-8-10-12-22(3)32-27(29)23-15-19-26(20-16-23)33-28(30)24-13-17-25(18-14-24)31-21-11-9-7-5-2/h17,26-27,29-33H,7-16,18-25H2,1-6H3;13-20,22H,4-12,21H2,1-3H3/t27?,29?,30?,31-,32?,33?,35?,36?;/m1./s1. The molecule has 4 aliphatic carbocycles. The van der Waals surface area contributed by atoms with Gasteiger partial charge in [0.2, 0.25) is 0 Å². The van der Waals surface area contributed by atoms with Crippen molar-refractivity contribution in [3.63, 3.8) is 0 Å². The van der Waals surface area contributed by atoms with Crippen LogP contribution in [0.5, 0.6) is 11.5 Å². The second-order valence-electron chi connectivity index (χ2n) is 23.6. The summed E-state index contributed by atoms with van der Waals surface area (Å²) in [5, 5.41) is 0. The number of carbonyl (C=O) groups excluding carboxylic acids is 3. The van der Waals surface area contributed by atoms with Gasteiger partial charge >= 0.3 is 17.9 Å². The Labute approximate surface area is 433 Å². The van der Waals surface area contributed by atoms with E-state index in [1.807, 2.05) is 6.92 Å². The zero-order chi connectivity index (χ0) is 51.2. The Morgan fingerprint density at radius 2 is 1.24 bits per heavy atom. The lowest BCUT2D eigenvalue weighted by Crippen LogP contribution is -2.51. The number of hydrogen-bond donors (Lipinski definition) is 0. The van der Waals surface area contributed by atoms with Crippen molar-refractivity contribution in [2.75, 3.05) is 6.61 Å². The largest absolute Gasteiger partial charge is 0.494 e. The van der Waals surface area contributed by atoms with Crippen molar-refractivity contribution >= 4 is 17.9 Å². The third-order valence-electron chi connectivity index (χ3n) is 17.7. The van der Waals surface area contributed by atoms with Crippen LogP contribution in [-0.2, 0) is 14.3 Å². The van der Waals surface area contributed by atoms with E-state index < -0.39 is 5.97 Å². The number of allylic oxidation sites excluding steroid dienone is 1. The van der Waals surface area contributed by atoms with E-state index in [2.05, 4.69) is 61.5 Å². The third-order valence-corrected chi connectivity index (χ3v) is 17.7. The van der Waals surface area contributed by atoms with Gasteiger partial charge in [0.15, 0.2) is 0 Å². The fourth-order valence-electron chi connectivity index (χ4n) is 13.4. The minimum atomic E-state index is -0.458. The van der Waals surface area contributed by atoms with Crippen LogP contribution in [0.1, 0.15) is 256 Å². The summed E-state index contributed by atoms with van der Waals surface area (Å²) in [7, 11) is 0. The maximum Gasteiger partial charge on any atom is 0.343 e. The number of esters is 3. The number of rotatable bonds is 28. The molecule has 0 radical (unpaired) electrons. The maximum atomic E-state index is 12.6. The highest BCUT2D eigenvalue weighted by Gasteiger charge is 2.59. The number of hydrogen-bond acceptors (Lipinski definition) is 7. The first-order valence-corrected chi connectivity index (χ1v) is 29.4. The molecule has 0 saturated heterocycles. The van der Waals surface area contributed by atoms with E-state index in [1.165, 1.54) is 116 Å². The van der Waals surface area contributed by atoms with Gasteiger partial charge in [-0.15, -0.1) is 0 Å². The minimum absolute atomic E-state index is 0.0522. The van der Waals surface area contributed by atoms with Crippen LogP contribution in [0, 0.1) is 46.3 Å². The zero-order valence-electron chi connectivity index (χ0n) is 46.5. The van der Waals surface area contributed by atoms with Gasteiger partial charge in [0, 0.05) is 12.8 Å². The molecule has 7 heteroatoms. The molecule has 4 aliphatic rings. The molecule has 3 fully saturated rings. The van der Waals surface area contributed by atoms with Crippen molar-refractivity contribution < 1.29 is 33.3 Å². The summed E-state index contributed by atoms with van der Waals surface area (Å²) in [4.78, 5) is 37.3. The molecule has 71 heavy (non-hydrogen) atoms. The summed E-state index contributed by atoms with van der Waals surface area (Å²) in [5.74, 6) is 5.64. The van der Waals surface area contributed by atoms with E-state index in [0.717, 1.165) is 92.6 Å². The Morgan fingerprint density at radius 3 is 1.92 bits per heavy atom. The molecule has 398 valence electrons. The summed E-state index contributed by atoms with van der Waals surface area (Å²) >= 11 is 0. The van der Waals surface area contributed by atoms with Crippen LogP contribution in [0.25, 0.3) is 0 Å². The van der Waals surface area contributed by atoms with Gasteiger partial charge in [-0.05, 0) is 172 Å². The Morgan fingerprint density at radius 1 is 0.620 bits per heavy atom. The normalized spacial score (nSPS) is 25.3. The van der Waals surface area contributed by atoms with E-state index >= 15 is 0 Å². The molecule has 2 aromatic rings.